The van der Waals surface area contributed by atoms with Gasteiger partial charge in [-0.15, -0.1) is 0 Å². The van der Waals surface area contributed by atoms with Crippen molar-refractivity contribution in [2.75, 3.05) is 0 Å². The molecule has 9 heteroatoms. The van der Waals surface area contributed by atoms with Crippen molar-refractivity contribution < 1.29 is 23.6 Å². The lowest BCUT2D eigenvalue weighted by molar-refractivity contribution is -0.385. The summed E-state index contributed by atoms with van der Waals surface area (Å²) < 4.78 is 24.6. The zero-order chi connectivity index (χ0) is 12.5. The van der Waals surface area contributed by atoms with Crippen LogP contribution >= 0.6 is 11.6 Å². The zero-order valence-electron chi connectivity index (χ0n) is 7.35. The van der Waals surface area contributed by atoms with E-state index in [2.05, 4.69) is 4.98 Å². The van der Waals surface area contributed by atoms with Gasteiger partial charge in [0.2, 0.25) is 5.69 Å². The van der Waals surface area contributed by atoms with E-state index in [4.69, 9.17) is 16.7 Å². The van der Waals surface area contributed by atoms with Gasteiger partial charge in [0.25, 0.3) is 6.43 Å². The van der Waals surface area contributed by atoms with Crippen LogP contribution in [-0.2, 0) is 0 Å². The summed E-state index contributed by atoms with van der Waals surface area (Å²) in [4.78, 5) is 22.9. The number of aromatic nitrogens is 1. The van der Waals surface area contributed by atoms with Gasteiger partial charge in [-0.2, -0.15) is 0 Å². The van der Waals surface area contributed by atoms with Gasteiger partial charge in [0, 0.05) is 6.07 Å². The van der Waals surface area contributed by atoms with Crippen molar-refractivity contribution in [1.82, 2.24) is 4.98 Å². The van der Waals surface area contributed by atoms with Gasteiger partial charge in [-0.05, 0) is 0 Å². The molecule has 0 aliphatic rings. The number of aromatic carboxylic acids is 1. The molecule has 86 valence electrons. The van der Waals surface area contributed by atoms with E-state index in [9.17, 15) is 23.7 Å². The molecule has 0 bridgehead atoms. The minimum absolute atomic E-state index is 0.541. The molecule has 0 radical (unpaired) electrons. The predicted octanol–water partition coefficient (Wildman–Crippen LogP) is 2.28. The molecule has 1 aromatic rings. The van der Waals surface area contributed by atoms with Crippen LogP contribution in [0.15, 0.2) is 6.07 Å². The summed E-state index contributed by atoms with van der Waals surface area (Å²) in [5.74, 6) is -1.77. The number of pyridine rings is 1. The lowest BCUT2D eigenvalue weighted by Gasteiger charge is -2.04. The maximum Gasteiger partial charge on any atom is 0.361 e. The number of hydrogen-bond acceptors (Lipinski definition) is 4. The Morgan fingerprint density at radius 1 is 1.62 bits per heavy atom. The molecule has 0 aromatic carbocycles. The summed E-state index contributed by atoms with van der Waals surface area (Å²) in [5.41, 5.74) is -2.99. The average Bonchev–Trinajstić information content (AvgIpc) is 2.15. The van der Waals surface area contributed by atoms with Crippen molar-refractivity contribution in [3.05, 3.63) is 32.6 Å². The molecule has 0 fully saturated rings. The van der Waals surface area contributed by atoms with E-state index in [-0.39, 0.29) is 0 Å². The van der Waals surface area contributed by atoms with Crippen LogP contribution in [0.4, 0.5) is 14.5 Å². The van der Waals surface area contributed by atoms with Crippen molar-refractivity contribution in [2.24, 2.45) is 0 Å². The first-order valence-electron chi connectivity index (χ1n) is 3.71. The molecule has 0 aliphatic carbocycles. The third-order valence-electron chi connectivity index (χ3n) is 1.59. The van der Waals surface area contributed by atoms with Crippen LogP contribution in [0.1, 0.15) is 22.6 Å². The highest BCUT2D eigenvalue weighted by Gasteiger charge is 2.27. The molecule has 0 saturated carbocycles. The number of nitrogens with zero attached hydrogens (tertiary/aromatic N) is 2. The maximum atomic E-state index is 12.3. The lowest BCUT2D eigenvalue weighted by atomic mass is 10.2. The van der Waals surface area contributed by atoms with Gasteiger partial charge in [0.05, 0.1) is 9.95 Å². The second-order valence-electron chi connectivity index (χ2n) is 2.59. The van der Waals surface area contributed by atoms with Crippen molar-refractivity contribution in [1.29, 1.82) is 0 Å². The van der Waals surface area contributed by atoms with Crippen molar-refractivity contribution >= 4 is 23.3 Å². The first kappa shape index (κ1) is 12.2. The van der Waals surface area contributed by atoms with Gasteiger partial charge in [0.15, 0.2) is 0 Å². The fourth-order valence-corrected chi connectivity index (χ4v) is 1.17. The molecule has 0 atom stereocenters. The van der Waals surface area contributed by atoms with E-state index < -0.39 is 39.4 Å². The number of halogens is 3. The smallest absolute Gasteiger partial charge is 0.361 e. The van der Waals surface area contributed by atoms with E-state index in [1.165, 1.54) is 0 Å². The Balaban J connectivity index is 3.49. The van der Waals surface area contributed by atoms with Gasteiger partial charge in [0.1, 0.15) is 5.69 Å². The maximum absolute atomic E-state index is 12.3. The topological polar surface area (TPSA) is 93.3 Å². The highest BCUT2D eigenvalue weighted by atomic mass is 35.5. The average molecular weight is 253 g/mol. The van der Waals surface area contributed by atoms with E-state index >= 15 is 0 Å². The Bertz CT molecular complexity index is 466. The molecule has 0 amide bonds. The van der Waals surface area contributed by atoms with Crippen molar-refractivity contribution in [3.8, 4) is 0 Å². The number of nitro groups is 1. The summed E-state index contributed by atoms with van der Waals surface area (Å²) in [6.07, 6.45) is -3.11. The Morgan fingerprint density at radius 2 is 2.19 bits per heavy atom. The molecule has 6 nitrogen and oxygen atoms in total. The molecular weight excluding hydrogens is 250 g/mol. The minimum atomic E-state index is -3.11. The standard InChI is InChI=1S/C7H3ClF2N2O4/c8-2-1-3(12(15)16)5(7(13)14)11-4(2)6(9)10/h1,6H,(H,13,14). The number of rotatable bonds is 3. The molecule has 0 spiro atoms. The third-order valence-corrected chi connectivity index (χ3v) is 1.89. The summed E-state index contributed by atoms with van der Waals surface area (Å²) in [7, 11) is 0. The van der Waals surface area contributed by atoms with Crippen LogP contribution in [0, 0.1) is 10.1 Å². The number of carboxylic acid groups (broad SMARTS) is 1. The molecule has 1 N–H and O–H groups in total. The van der Waals surface area contributed by atoms with Crippen LogP contribution in [0.5, 0.6) is 0 Å². The Morgan fingerprint density at radius 3 is 2.56 bits per heavy atom. The van der Waals surface area contributed by atoms with Crippen LogP contribution in [0.3, 0.4) is 0 Å². The molecule has 0 saturated heterocycles. The first-order valence-corrected chi connectivity index (χ1v) is 4.08. The summed E-state index contributed by atoms with van der Waals surface area (Å²) in [5, 5.41) is 18.3. The molecule has 0 aliphatic heterocycles. The Labute approximate surface area is 91.6 Å². The van der Waals surface area contributed by atoms with Crippen LogP contribution in [0.25, 0.3) is 0 Å². The lowest BCUT2D eigenvalue weighted by Crippen LogP contribution is -2.08. The number of carboxylic acids is 1. The van der Waals surface area contributed by atoms with Crippen LogP contribution in [-0.4, -0.2) is 21.0 Å². The summed E-state index contributed by atoms with van der Waals surface area (Å²) >= 11 is 5.31. The monoisotopic (exact) mass is 252 g/mol. The normalized spacial score (nSPS) is 10.5. The number of hydrogen-bond donors (Lipinski definition) is 1. The first-order chi connectivity index (χ1) is 7.34. The molecule has 1 aromatic heterocycles. The number of alkyl halides is 2. The van der Waals surface area contributed by atoms with Crippen LogP contribution < -0.4 is 0 Å². The van der Waals surface area contributed by atoms with E-state index in [0.29, 0.717) is 6.07 Å². The molecular formula is C7H3ClF2N2O4. The van der Waals surface area contributed by atoms with E-state index in [1.807, 2.05) is 0 Å². The Hall–Kier alpha value is -1.83. The summed E-state index contributed by atoms with van der Waals surface area (Å²) in [6.45, 7) is 0. The van der Waals surface area contributed by atoms with Crippen molar-refractivity contribution in [2.45, 2.75) is 6.43 Å². The summed E-state index contributed by atoms with van der Waals surface area (Å²) in [6, 6.07) is 0.541. The molecule has 1 rings (SSSR count). The highest BCUT2D eigenvalue weighted by molar-refractivity contribution is 6.31. The molecule has 1 heterocycles. The van der Waals surface area contributed by atoms with Gasteiger partial charge < -0.3 is 5.11 Å². The second kappa shape index (κ2) is 4.35. The highest BCUT2D eigenvalue weighted by Crippen LogP contribution is 2.30. The van der Waals surface area contributed by atoms with Gasteiger partial charge in [-0.25, -0.2) is 18.6 Å². The largest absolute Gasteiger partial charge is 0.476 e. The zero-order valence-corrected chi connectivity index (χ0v) is 8.11. The molecule has 16 heavy (non-hydrogen) atoms. The van der Waals surface area contributed by atoms with Gasteiger partial charge in [-0.1, -0.05) is 11.6 Å². The SMILES string of the molecule is O=C(O)c1nc(C(F)F)c(Cl)cc1[N+](=O)[O-]. The molecule has 0 unspecified atom stereocenters. The van der Waals surface area contributed by atoms with Crippen molar-refractivity contribution in [3.63, 3.8) is 0 Å². The van der Waals surface area contributed by atoms with Gasteiger partial charge >= 0.3 is 11.7 Å². The quantitative estimate of drug-likeness (QED) is 0.658. The van der Waals surface area contributed by atoms with Gasteiger partial charge in [-0.3, -0.25) is 10.1 Å². The van der Waals surface area contributed by atoms with E-state index in [0.717, 1.165) is 0 Å². The predicted molar refractivity (Wildman–Crippen MR) is 47.8 cm³/mol. The minimum Gasteiger partial charge on any atom is -0.476 e. The Kier molecular flexibility index (Phi) is 3.33. The third kappa shape index (κ3) is 2.22. The van der Waals surface area contributed by atoms with Crippen LogP contribution in [0.2, 0.25) is 5.02 Å². The number of carbonyl (C=O) groups is 1. The fourth-order valence-electron chi connectivity index (χ4n) is 0.943. The second-order valence-corrected chi connectivity index (χ2v) is 2.99. The van der Waals surface area contributed by atoms with E-state index in [1.54, 1.807) is 0 Å². The fraction of sp³-hybridized carbons (Fsp3) is 0.143.